The van der Waals surface area contributed by atoms with Crippen LogP contribution in [-0.4, -0.2) is 46.5 Å². The van der Waals surface area contributed by atoms with E-state index >= 15 is 0 Å². The number of aromatic nitrogens is 3. The number of guanidine groups is 1. The minimum Gasteiger partial charge on any atom is -0.379 e. The second kappa shape index (κ2) is 9.98. The van der Waals surface area contributed by atoms with E-state index in [1.807, 2.05) is 18.5 Å². The third kappa shape index (κ3) is 5.71. The summed E-state index contributed by atoms with van der Waals surface area (Å²) in [5.74, 6) is 2.60. The Morgan fingerprint density at radius 1 is 1.45 bits per heavy atom. The molecule has 0 bridgehead atoms. The molecule has 2 N–H and O–H groups in total. The van der Waals surface area contributed by atoms with Crippen LogP contribution in [0, 0.1) is 6.92 Å². The minimum atomic E-state index is 0. The van der Waals surface area contributed by atoms with Gasteiger partial charge in [0.25, 0.3) is 0 Å². The third-order valence-corrected chi connectivity index (χ3v) is 3.65. The molecule has 0 amide bonds. The van der Waals surface area contributed by atoms with Crippen molar-refractivity contribution in [3.8, 4) is 0 Å². The van der Waals surface area contributed by atoms with E-state index in [0.29, 0.717) is 12.6 Å². The SMILES string of the molecule is CCCCNC(=NCc1nnc(C)n1C)NC1CCOC1.I. The largest absolute Gasteiger partial charge is 0.379 e. The standard InChI is InChI=1S/C14H26N6O.HI/c1-4-5-7-15-14(17-12-6-8-21-10-12)16-9-13-19-18-11(2)20(13)3;/h12H,4-10H2,1-3H3,(H2,15,16,17);1H. The molecule has 1 saturated heterocycles. The van der Waals surface area contributed by atoms with Crippen LogP contribution in [0.3, 0.4) is 0 Å². The van der Waals surface area contributed by atoms with Crippen LogP contribution in [0.4, 0.5) is 0 Å². The van der Waals surface area contributed by atoms with Gasteiger partial charge in [0.1, 0.15) is 12.4 Å². The molecule has 1 aromatic rings. The molecule has 1 unspecified atom stereocenters. The number of aryl methyl sites for hydroxylation is 1. The lowest BCUT2D eigenvalue weighted by Crippen LogP contribution is -2.44. The van der Waals surface area contributed by atoms with Crippen molar-refractivity contribution in [3.63, 3.8) is 0 Å². The van der Waals surface area contributed by atoms with Crippen molar-refractivity contribution in [1.82, 2.24) is 25.4 Å². The van der Waals surface area contributed by atoms with Crippen molar-refractivity contribution in [3.05, 3.63) is 11.6 Å². The molecule has 2 rings (SSSR count). The number of nitrogens with zero attached hydrogens (tertiary/aromatic N) is 4. The van der Waals surface area contributed by atoms with Crippen LogP contribution < -0.4 is 10.6 Å². The summed E-state index contributed by atoms with van der Waals surface area (Å²) < 4.78 is 7.36. The predicted octanol–water partition coefficient (Wildman–Crippen LogP) is 1.37. The van der Waals surface area contributed by atoms with Gasteiger partial charge in [0.2, 0.25) is 0 Å². The van der Waals surface area contributed by atoms with Crippen LogP contribution in [0.2, 0.25) is 0 Å². The maximum Gasteiger partial charge on any atom is 0.192 e. The number of rotatable bonds is 6. The van der Waals surface area contributed by atoms with Gasteiger partial charge in [-0.2, -0.15) is 0 Å². The predicted molar refractivity (Wildman–Crippen MR) is 97.6 cm³/mol. The number of hydrogen-bond acceptors (Lipinski definition) is 4. The lowest BCUT2D eigenvalue weighted by Gasteiger charge is -2.16. The van der Waals surface area contributed by atoms with Crippen molar-refractivity contribution in [1.29, 1.82) is 0 Å². The van der Waals surface area contributed by atoms with E-state index in [4.69, 9.17) is 4.74 Å². The van der Waals surface area contributed by atoms with Gasteiger partial charge < -0.3 is 19.9 Å². The molecule has 0 spiro atoms. The van der Waals surface area contributed by atoms with E-state index in [9.17, 15) is 0 Å². The van der Waals surface area contributed by atoms with Crippen molar-refractivity contribution in [2.75, 3.05) is 19.8 Å². The normalized spacial score (nSPS) is 18.1. The van der Waals surface area contributed by atoms with Gasteiger partial charge in [-0.3, -0.25) is 0 Å². The summed E-state index contributed by atoms with van der Waals surface area (Å²) in [6.07, 6.45) is 3.32. The number of nitrogens with one attached hydrogen (secondary N) is 2. The fourth-order valence-electron chi connectivity index (χ4n) is 2.12. The zero-order valence-electron chi connectivity index (χ0n) is 13.6. The number of aliphatic imine (C=N–C) groups is 1. The molecule has 1 atom stereocenters. The van der Waals surface area contributed by atoms with E-state index in [1.165, 1.54) is 0 Å². The Hall–Kier alpha value is -0.900. The third-order valence-electron chi connectivity index (χ3n) is 3.65. The Labute approximate surface area is 149 Å². The second-order valence-corrected chi connectivity index (χ2v) is 5.37. The molecular weight excluding hydrogens is 395 g/mol. The molecule has 7 nitrogen and oxygen atoms in total. The molecule has 2 heterocycles. The summed E-state index contributed by atoms with van der Waals surface area (Å²) in [6.45, 7) is 7.13. The summed E-state index contributed by atoms with van der Waals surface area (Å²) in [7, 11) is 1.96. The molecule has 0 radical (unpaired) electrons. The Bertz CT molecular complexity index is 470. The van der Waals surface area contributed by atoms with Gasteiger partial charge in [0.05, 0.1) is 12.6 Å². The first-order valence-corrected chi connectivity index (χ1v) is 7.68. The topological polar surface area (TPSA) is 76.4 Å². The highest BCUT2D eigenvalue weighted by Crippen LogP contribution is 2.04. The van der Waals surface area contributed by atoms with Gasteiger partial charge in [-0.25, -0.2) is 4.99 Å². The molecule has 126 valence electrons. The molecule has 8 heteroatoms. The van der Waals surface area contributed by atoms with Crippen LogP contribution >= 0.6 is 24.0 Å². The van der Waals surface area contributed by atoms with Gasteiger partial charge in [-0.1, -0.05) is 13.3 Å². The summed E-state index contributed by atoms with van der Waals surface area (Å²) in [4.78, 5) is 4.62. The van der Waals surface area contributed by atoms with Crippen LogP contribution in [0.25, 0.3) is 0 Å². The van der Waals surface area contributed by atoms with Crippen molar-refractivity contribution in [2.24, 2.45) is 12.0 Å². The highest BCUT2D eigenvalue weighted by molar-refractivity contribution is 14.0. The molecule has 1 fully saturated rings. The number of hydrogen-bond donors (Lipinski definition) is 2. The van der Waals surface area contributed by atoms with Gasteiger partial charge >= 0.3 is 0 Å². The first-order valence-electron chi connectivity index (χ1n) is 7.68. The van der Waals surface area contributed by atoms with E-state index in [1.54, 1.807) is 0 Å². The fourth-order valence-corrected chi connectivity index (χ4v) is 2.12. The minimum absolute atomic E-state index is 0. The Morgan fingerprint density at radius 3 is 2.86 bits per heavy atom. The van der Waals surface area contributed by atoms with Gasteiger partial charge in [0, 0.05) is 20.2 Å². The van der Waals surface area contributed by atoms with E-state index in [0.717, 1.165) is 56.6 Å². The summed E-state index contributed by atoms with van der Waals surface area (Å²) in [6, 6.07) is 0.346. The molecule has 1 aliphatic rings. The number of unbranched alkanes of at least 4 members (excludes halogenated alkanes) is 1. The number of ether oxygens (including phenoxy) is 1. The van der Waals surface area contributed by atoms with Crippen molar-refractivity contribution >= 4 is 29.9 Å². The van der Waals surface area contributed by atoms with Crippen LogP contribution in [-0.2, 0) is 18.3 Å². The lowest BCUT2D eigenvalue weighted by atomic mass is 10.3. The molecule has 0 saturated carbocycles. The first-order chi connectivity index (χ1) is 10.2. The smallest absolute Gasteiger partial charge is 0.192 e. The first kappa shape index (κ1) is 19.1. The molecule has 0 aliphatic carbocycles. The van der Waals surface area contributed by atoms with Crippen molar-refractivity contribution < 1.29 is 4.74 Å². The summed E-state index contributed by atoms with van der Waals surface area (Å²) in [5.41, 5.74) is 0. The average molecular weight is 422 g/mol. The Kier molecular flexibility index (Phi) is 8.69. The van der Waals surface area contributed by atoms with E-state index in [-0.39, 0.29) is 24.0 Å². The lowest BCUT2D eigenvalue weighted by molar-refractivity contribution is 0.192. The molecule has 1 aromatic heterocycles. The van der Waals surface area contributed by atoms with E-state index in [2.05, 4.69) is 32.7 Å². The van der Waals surface area contributed by atoms with Crippen LogP contribution in [0.15, 0.2) is 4.99 Å². The van der Waals surface area contributed by atoms with Gasteiger partial charge in [-0.15, -0.1) is 34.2 Å². The zero-order valence-corrected chi connectivity index (χ0v) is 16.0. The zero-order chi connectivity index (χ0) is 15.1. The highest BCUT2D eigenvalue weighted by atomic mass is 127. The maximum absolute atomic E-state index is 5.40. The molecule has 22 heavy (non-hydrogen) atoms. The highest BCUT2D eigenvalue weighted by Gasteiger charge is 2.16. The second-order valence-electron chi connectivity index (χ2n) is 5.37. The quantitative estimate of drug-likeness (QED) is 0.314. The monoisotopic (exact) mass is 422 g/mol. The molecule has 1 aliphatic heterocycles. The molecule has 0 aromatic carbocycles. The van der Waals surface area contributed by atoms with E-state index < -0.39 is 0 Å². The molecular formula is C14H27IN6O. The van der Waals surface area contributed by atoms with Crippen LogP contribution in [0.5, 0.6) is 0 Å². The van der Waals surface area contributed by atoms with Crippen molar-refractivity contribution in [2.45, 2.75) is 45.7 Å². The summed E-state index contributed by atoms with van der Waals surface area (Å²) in [5, 5.41) is 15.0. The Balaban J connectivity index is 0.00000242. The summed E-state index contributed by atoms with van der Waals surface area (Å²) >= 11 is 0. The Morgan fingerprint density at radius 2 is 2.27 bits per heavy atom. The van der Waals surface area contributed by atoms with Gasteiger partial charge in [0.15, 0.2) is 11.8 Å². The van der Waals surface area contributed by atoms with Crippen LogP contribution in [0.1, 0.15) is 37.8 Å². The fraction of sp³-hybridized carbons (Fsp3) is 0.786. The average Bonchev–Trinajstić information content (AvgIpc) is 3.09. The maximum atomic E-state index is 5.40. The number of halogens is 1. The van der Waals surface area contributed by atoms with Gasteiger partial charge in [-0.05, 0) is 19.8 Å².